The molecule has 3 spiro atoms. The minimum Gasteiger partial charge on any atom is -0.449 e. The van der Waals surface area contributed by atoms with Crippen molar-refractivity contribution in [1.82, 2.24) is 9.80 Å². The van der Waals surface area contributed by atoms with Gasteiger partial charge in [0.2, 0.25) is 0 Å². The number of carbonyl (C=O) groups excluding carboxylic acids is 2. The predicted octanol–water partition coefficient (Wildman–Crippen LogP) is 8.72. The maximum absolute atomic E-state index is 15.9. The number of fused-ring (bicyclic) bond motifs is 6. The molecule has 16 rings (SSSR count). The van der Waals surface area contributed by atoms with Crippen molar-refractivity contribution >= 4 is 11.9 Å². The fraction of sp³-hybridized carbons (Fsp3) is 0.585. The van der Waals surface area contributed by atoms with Crippen molar-refractivity contribution in [3.63, 3.8) is 0 Å². The molecule has 0 amide bonds. The van der Waals surface area contributed by atoms with Crippen LogP contribution in [0.15, 0.2) is 88.4 Å². The normalized spacial score (nSPS) is 41.5. The average molecular weight is 804 g/mol. The number of allylic oxidation sites excluding steroid dienone is 4. The Hall–Kier alpha value is -3.94. The minimum absolute atomic E-state index is 0.0915. The number of hydrogen-bond donors (Lipinski definition) is 1. The summed E-state index contributed by atoms with van der Waals surface area (Å²) in [7, 11) is 0. The van der Waals surface area contributed by atoms with Crippen LogP contribution in [0.1, 0.15) is 117 Å². The van der Waals surface area contributed by atoms with Crippen molar-refractivity contribution in [1.29, 1.82) is 0 Å². The van der Waals surface area contributed by atoms with Crippen LogP contribution in [-0.4, -0.2) is 60.0 Å². The number of ether oxygens (including phenoxy) is 2. The standard InChI is InChI=1S/C53H61N3O4/c1-30-22-36-16-17-42-38-25-34-27-55(29-38)31(2)15-18-44-51-20-19-39-41-26-37(45(30)47(39)48(36)56(42)28-34)24-33-10-5-9-32(23-33)8-3-4-14-43(52(41,51)50(58)59-44)53(51)40-13-6-11-35(12-7-21-54)46(40)49(57)60-53/h5-6,9-11,13,18,23,26,30-31,34,38,42-43,45,47H,3-4,7-8,12,14-17,19-22,24-25,27-29,54H2,1-2H3. The van der Waals surface area contributed by atoms with Crippen LogP contribution in [-0.2, 0) is 39.1 Å². The second-order valence-corrected chi connectivity index (χ2v) is 21.3. The van der Waals surface area contributed by atoms with Gasteiger partial charge in [-0.15, -0.1) is 0 Å². The summed E-state index contributed by atoms with van der Waals surface area (Å²) in [6.45, 7) is 8.94. The highest BCUT2D eigenvalue weighted by Crippen LogP contribution is 2.87. The third-order valence-corrected chi connectivity index (χ3v) is 18.7. The van der Waals surface area contributed by atoms with Gasteiger partial charge in [-0.05, 0) is 149 Å². The molecule has 12 unspecified atom stereocenters. The number of nitrogens with zero attached hydrogens (tertiary/aromatic N) is 2. The molecule has 12 atom stereocenters. The van der Waals surface area contributed by atoms with E-state index in [9.17, 15) is 4.79 Å². The zero-order chi connectivity index (χ0) is 40.3. The summed E-state index contributed by atoms with van der Waals surface area (Å²) in [5.41, 5.74) is 16.5. The zero-order valence-electron chi connectivity index (χ0n) is 35.6. The number of piperidine rings is 2. The molecule has 1 saturated carbocycles. The highest BCUT2D eigenvalue weighted by molar-refractivity contribution is 6.00. The van der Waals surface area contributed by atoms with Gasteiger partial charge in [0.15, 0.2) is 5.60 Å². The van der Waals surface area contributed by atoms with E-state index in [1.807, 2.05) is 0 Å². The average Bonchev–Trinajstić information content (AvgIpc) is 3.69. The van der Waals surface area contributed by atoms with E-state index < -0.39 is 16.4 Å². The molecule has 7 nitrogen and oxygen atoms in total. The highest BCUT2D eigenvalue weighted by Gasteiger charge is 2.92. The largest absolute Gasteiger partial charge is 0.449 e. The van der Waals surface area contributed by atoms with E-state index in [1.54, 1.807) is 11.3 Å². The summed E-state index contributed by atoms with van der Waals surface area (Å²) in [4.78, 5) is 36.4. The van der Waals surface area contributed by atoms with Crippen molar-refractivity contribution in [3.05, 3.63) is 116 Å². The molecule has 0 aromatic heterocycles. The van der Waals surface area contributed by atoms with E-state index in [4.69, 9.17) is 15.2 Å². The fourth-order valence-electron chi connectivity index (χ4n) is 16.8. The van der Waals surface area contributed by atoms with Crippen molar-refractivity contribution < 1.29 is 19.1 Å². The molecular weight excluding hydrogens is 743 g/mol. The van der Waals surface area contributed by atoms with Gasteiger partial charge in [0.05, 0.1) is 11.0 Å². The number of aryl methyl sites for hydroxylation is 2. The summed E-state index contributed by atoms with van der Waals surface area (Å²) in [6.07, 6.45) is 18.6. The Balaban J connectivity index is 1.11. The first-order chi connectivity index (χ1) is 29.3. The molecule has 3 saturated heterocycles. The Morgan fingerprint density at radius 1 is 0.967 bits per heavy atom. The summed E-state index contributed by atoms with van der Waals surface area (Å²) >= 11 is 0. The lowest BCUT2D eigenvalue weighted by molar-refractivity contribution is -0.275. The SMILES string of the molecule is CC1CC2=C3C4C5=C6C=C(Cc7cccc(c7)CCCCC7C68C(=O)OC(=CCC(C)N6CC9CC(C6)C(CC2)N3C9)C8(CC5)C72OC(=O)c3c(CCCN)cccc32)C14. The molecule has 14 aliphatic rings. The lowest BCUT2D eigenvalue weighted by Crippen LogP contribution is -2.77. The minimum atomic E-state index is -0.990. The number of rotatable bonds is 3. The highest BCUT2D eigenvalue weighted by atomic mass is 16.6. The van der Waals surface area contributed by atoms with Gasteiger partial charge >= 0.3 is 11.9 Å². The van der Waals surface area contributed by atoms with Gasteiger partial charge in [0, 0.05) is 54.8 Å². The number of benzene rings is 2. The topological polar surface area (TPSA) is 85.1 Å². The Kier molecular flexibility index (Phi) is 7.84. The molecule has 7 heteroatoms. The van der Waals surface area contributed by atoms with Crippen LogP contribution in [0.2, 0.25) is 0 Å². The van der Waals surface area contributed by atoms with Crippen molar-refractivity contribution in [3.8, 4) is 0 Å². The maximum atomic E-state index is 15.9. The summed E-state index contributed by atoms with van der Waals surface area (Å²) in [5, 5.41) is 0. The van der Waals surface area contributed by atoms with Gasteiger partial charge in [-0.25, -0.2) is 4.79 Å². The lowest BCUT2D eigenvalue weighted by Gasteiger charge is -2.71. The van der Waals surface area contributed by atoms with Crippen LogP contribution in [0.3, 0.4) is 0 Å². The van der Waals surface area contributed by atoms with Gasteiger partial charge < -0.3 is 20.1 Å². The number of esters is 2. The van der Waals surface area contributed by atoms with Crippen LogP contribution in [0.4, 0.5) is 0 Å². The smallest absolute Gasteiger partial charge is 0.339 e. The molecule has 4 fully saturated rings. The van der Waals surface area contributed by atoms with Crippen LogP contribution in [0.5, 0.6) is 0 Å². The third kappa shape index (κ3) is 4.40. The summed E-state index contributed by atoms with van der Waals surface area (Å²) < 4.78 is 14.2. The van der Waals surface area contributed by atoms with Crippen LogP contribution >= 0.6 is 0 Å². The van der Waals surface area contributed by atoms with E-state index >= 15 is 4.79 Å². The molecule has 60 heavy (non-hydrogen) atoms. The van der Waals surface area contributed by atoms with E-state index in [-0.39, 0.29) is 23.8 Å². The van der Waals surface area contributed by atoms with E-state index in [1.165, 1.54) is 53.5 Å². The molecule has 2 aromatic rings. The van der Waals surface area contributed by atoms with Crippen LogP contribution in [0, 0.1) is 46.3 Å². The summed E-state index contributed by atoms with van der Waals surface area (Å²) in [5.74, 6) is 2.74. The van der Waals surface area contributed by atoms with E-state index in [0.717, 1.165) is 106 Å². The lowest BCUT2D eigenvalue weighted by atomic mass is 9.29. The van der Waals surface area contributed by atoms with Crippen molar-refractivity contribution in [2.45, 2.75) is 121 Å². The van der Waals surface area contributed by atoms with Crippen LogP contribution < -0.4 is 5.73 Å². The molecule has 15 bridgehead atoms. The molecule has 2 N–H and O–H groups in total. The van der Waals surface area contributed by atoms with E-state index in [0.29, 0.717) is 42.3 Å². The molecule has 9 heterocycles. The monoisotopic (exact) mass is 803 g/mol. The molecule has 0 radical (unpaired) electrons. The first-order valence-corrected chi connectivity index (χ1v) is 24.0. The first kappa shape index (κ1) is 36.7. The Morgan fingerprint density at radius 3 is 2.75 bits per heavy atom. The predicted molar refractivity (Wildman–Crippen MR) is 230 cm³/mol. The number of carbonyl (C=O) groups is 2. The fourth-order valence-corrected chi connectivity index (χ4v) is 16.8. The van der Waals surface area contributed by atoms with Gasteiger partial charge in [-0.3, -0.25) is 9.69 Å². The maximum Gasteiger partial charge on any atom is 0.339 e. The van der Waals surface area contributed by atoms with E-state index in [2.05, 4.69) is 78.3 Å². The van der Waals surface area contributed by atoms with Gasteiger partial charge in [0.1, 0.15) is 11.2 Å². The Morgan fingerprint density at radius 2 is 1.85 bits per heavy atom. The zero-order valence-corrected chi connectivity index (χ0v) is 35.6. The molecule has 5 aliphatic carbocycles. The summed E-state index contributed by atoms with van der Waals surface area (Å²) in [6, 6.07) is 16.7. The molecular formula is C53H61N3O4. The van der Waals surface area contributed by atoms with Crippen molar-refractivity contribution in [2.24, 2.45) is 52.1 Å². The quantitative estimate of drug-likeness (QED) is 0.311. The molecule has 9 aliphatic heterocycles. The Labute approximate surface area is 355 Å². The second kappa shape index (κ2) is 12.8. The number of hydrogen-bond acceptors (Lipinski definition) is 7. The second-order valence-electron chi connectivity index (χ2n) is 21.3. The first-order valence-electron chi connectivity index (χ1n) is 24.0. The van der Waals surface area contributed by atoms with Crippen LogP contribution in [0.25, 0.3) is 0 Å². The van der Waals surface area contributed by atoms with Gasteiger partial charge in [0.25, 0.3) is 0 Å². The number of nitrogens with two attached hydrogens (primary N) is 1. The Bertz CT molecular complexity index is 2390. The van der Waals surface area contributed by atoms with Crippen molar-refractivity contribution in [2.75, 3.05) is 26.2 Å². The van der Waals surface area contributed by atoms with Gasteiger partial charge in [-0.1, -0.05) is 78.6 Å². The molecule has 2 aromatic carbocycles. The third-order valence-electron chi connectivity index (χ3n) is 18.7. The molecule has 312 valence electrons. The van der Waals surface area contributed by atoms with Gasteiger partial charge in [-0.2, -0.15) is 0 Å².